The molecule has 0 aliphatic heterocycles. The van der Waals surface area contributed by atoms with E-state index in [0.29, 0.717) is 16.1 Å². The summed E-state index contributed by atoms with van der Waals surface area (Å²) in [5.74, 6) is 0. The van der Waals surface area contributed by atoms with Crippen molar-refractivity contribution in [2.24, 2.45) is 0 Å². The van der Waals surface area contributed by atoms with E-state index in [1.54, 1.807) is 12.3 Å². The molecule has 0 fully saturated rings. The lowest BCUT2D eigenvalue weighted by Crippen LogP contribution is -1.86. The van der Waals surface area contributed by atoms with Crippen LogP contribution >= 0.6 is 12.2 Å². The van der Waals surface area contributed by atoms with Gasteiger partial charge >= 0.3 is 0 Å². The van der Waals surface area contributed by atoms with E-state index < -0.39 is 0 Å². The monoisotopic (exact) mass is 166 g/mol. The molecule has 0 saturated carbocycles. The molecule has 5 heteroatoms. The normalized spacial score (nSPS) is 10.5. The van der Waals surface area contributed by atoms with Crippen LogP contribution in [-0.2, 0) is 0 Å². The quantitative estimate of drug-likeness (QED) is 0.515. The standard InChI is InChI=1S/C6H6N4S/c7-3-1-2-8-5-4(3)9-6(11)10-5/h1-2H,(H4,7,8,9,10,11). The van der Waals surface area contributed by atoms with Crippen molar-refractivity contribution in [3.05, 3.63) is 17.0 Å². The summed E-state index contributed by atoms with van der Waals surface area (Å²) >= 11 is 4.87. The Labute approximate surface area is 67.5 Å². The molecular weight excluding hydrogens is 160 g/mol. The van der Waals surface area contributed by atoms with Crippen molar-refractivity contribution in [2.75, 3.05) is 5.73 Å². The van der Waals surface area contributed by atoms with Gasteiger partial charge in [0.25, 0.3) is 0 Å². The molecule has 0 aliphatic carbocycles. The average Bonchev–Trinajstić information content (AvgIpc) is 2.31. The number of imidazole rings is 1. The SMILES string of the molecule is Nc1ccnc2[nH]c(=S)[nH]c12. The van der Waals surface area contributed by atoms with E-state index in [9.17, 15) is 0 Å². The van der Waals surface area contributed by atoms with Gasteiger partial charge in [0.1, 0.15) is 5.52 Å². The highest BCUT2D eigenvalue weighted by Crippen LogP contribution is 2.13. The van der Waals surface area contributed by atoms with Crippen LogP contribution in [0, 0.1) is 4.77 Å². The van der Waals surface area contributed by atoms with Crippen LogP contribution in [-0.4, -0.2) is 15.0 Å². The first-order valence-electron chi connectivity index (χ1n) is 3.10. The van der Waals surface area contributed by atoms with E-state index in [1.165, 1.54) is 0 Å². The van der Waals surface area contributed by atoms with Gasteiger partial charge in [-0.1, -0.05) is 0 Å². The summed E-state index contributed by atoms with van der Waals surface area (Å²) in [6, 6.07) is 1.72. The first-order chi connectivity index (χ1) is 5.27. The van der Waals surface area contributed by atoms with Crippen molar-refractivity contribution in [1.82, 2.24) is 15.0 Å². The maximum Gasteiger partial charge on any atom is 0.176 e. The minimum absolute atomic E-state index is 0.547. The number of pyridine rings is 1. The molecule has 0 amide bonds. The maximum absolute atomic E-state index is 5.63. The van der Waals surface area contributed by atoms with E-state index >= 15 is 0 Å². The predicted molar refractivity (Wildman–Crippen MR) is 45.7 cm³/mol. The molecule has 0 aromatic carbocycles. The highest BCUT2D eigenvalue weighted by molar-refractivity contribution is 7.71. The maximum atomic E-state index is 5.63. The van der Waals surface area contributed by atoms with Crippen LogP contribution in [0.5, 0.6) is 0 Å². The molecule has 0 unspecified atom stereocenters. The van der Waals surface area contributed by atoms with Crippen LogP contribution in [0.1, 0.15) is 0 Å². The Kier molecular flexibility index (Phi) is 1.19. The van der Waals surface area contributed by atoms with Crippen LogP contribution in [0.3, 0.4) is 0 Å². The molecule has 0 spiro atoms. The molecule has 0 saturated heterocycles. The van der Waals surface area contributed by atoms with E-state index in [-0.39, 0.29) is 0 Å². The fourth-order valence-electron chi connectivity index (χ4n) is 0.955. The molecule has 2 rings (SSSR count). The number of nitrogens with one attached hydrogen (secondary N) is 2. The molecule has 4 nitrogen and oxygen atoms in total. The first kappa shape index (κ1) is 6.36. The average molecular weight is 166 g/mol. The second kappa shape index (κ2) is 2.06. The lowest BCUT2D eigenvalue weighted by atomic mass is 10.4. The molecule has 2 aromatic rings. The zero-order valence-electron chi connectivity index (χ0n) is 5.59. The van der Waals surface area contributed by atoms with Crippen LogP contribution in [0.4, 0.5) is 5.69 Å². The number of nitrogens with two attached hydrogens (primary N) is 1. The van der Waals surface area contributed by atoms with Gasteiger partial charge in [0, 0.05) is 6.20 Å². The minimum Gasteiger partial charge on any atom is -0.397 e. The molecule has 56 valence electrons. The topological polar surface area (TPSA) is 70.5 Å². The molecule has 0 aliphatic rings. The summed E-state index contributed by atoms with van der Waals surface area (Å²) < 4.78 is 0.547. The summed E-state index contributed by atoms with van der Waals surface area (Å²) in [4.78, 5) is 9.80. The number of rotatable bonds is 0. The number of aromatic amines is 2. The van der Waals surface area contributed by atoms with Crippen LogP contribution in [0.25, 0.3) is 11.2 Å². The van der Waals surface area contributed by atoms with Gasteiger partial charge in [-0.05, 0) is 18.3 Å². The molecule has 4 N–H and O–H groups in total. The van der Waals surface area contributed by atoms with Crippen LogP contribution in [0.15, 0.2) is 12.3 Å². The molecule has 0 atom stereocenters. The third-order valence-electron chi connectivity index (χ3n) is 1.45. The van der Waals surface area contributed by atoms with Gasteiger partial charge in [0.2, 0.25) is 0 Å². The van der Waals surface area contributed by atoms with Gasteiger partial charge < -0.3 is 15.7 Å². The van der Waals surface area contributed by atoms with Gasteiger partial charge in [-0.2, -0.15) is 0 Å². The Balaban J connectivity index is 3.01. The van der Waals surface area contributed by atoms with Crippen molar-refractivity contribution >= 4 is 29.1 Å². The third-order valence-corrected chi connectivity index (χ3v) is 1.66. The van der Waals surface area contributed by atoms with Gasteiger partial charge in [-0.25, -0.2) is 4.98 Å². The van der Waals surface area contributed by atoms with Gasteiger partial charge in [0.05, 0.1) is 5.69 Å². The lowest BCUT2D eigenvalue weighted by molar-refractivity contribution is 1.27. The summed E-state index contributed by atoms with van der Waals surface area (Å²) in [5.41, 5.74) is 7.77. The number of fused-ring (bicyclic) bond motifs is 1. The first-order valence-corrected chi connectivity index (χ1v) is 3.50. The number of hydrogen-bond acceptors (Lipinski definition) is 3. The van der Waals surface area contributed by atoms with Crippen LogP contribution < -0.4 is 5.73 Å². The van der Waals surface area contributed by atoms with Crippen LogP contribution in [0.2, 0.25) is 0 Å². The summed E-state index contributed by atoms with van der Waals surface area (Å²) in [6.45, 7) is 0. The Morgan fingerprint density at radius 1 is 1.45 bits per heavy atom. The zero-order valence-corrected chi connectivity index (χ0v) is 6.40. The van der Waals surface area contributed by atoms with Crippen molar-refractivity contribution in [3.63, 3.8) is 0 Å². The predicted octanol–water partition coefficient (Wildman–Crippen LogP) is 1.20. The van der Waals surface area contributed by atoms with Crippen molar-refractivity contribution < 1.29 is 0 Å². The Morgan fingerprint density at radius 3 is 3.00 bits per heavy atom. The number of anilines is 1. The number of H-pyrrole nitrogens is 2. The van der Waals surface area contributed by atoms with E-state index in [1.807, 2.05) is 0 Å². The zero-order chi connectivity index (χ0) is 7.84. The Bertz CT molecular complexity index is 441. The molecule has 11 heavy (non-hydrogen) atoms. The second-order valence-electron chi connectivity index (χ2n) is 2.20. The summed E-state index contributed by atoms with van der Waals surface area (Å²) in [6.07, 6.45) is 1.64. The summed E-state index contributed by atoms with van der Waals surface area (Å²) in [7, 11) is 0. The Morgan fingerprint density at radius 2 is 2.27 bits per heavy atom. The molecular formula is C6H6N4S. The Hall–Kier alpha value is -1.36. The van der Waals surface area contributed by atoms with Gasteiger partial charge in [-0.15, -0.1) is 0 Å². The molecule has 2 heterocycles. The second-order valence-corrected chi connectivity index (χ2v) is 2.61. The van der Waals surface area contributed by atoms with Crippen molar-refractivity contribution in [2.45, 2.75) is 0 Å². The molecule has 2 aromatic heterocycles. The number of aromatic nitrogens is 3. The van der Waals surface area contributed by atoms with E-state index in [0.717, 1.165) is 5.52 Å². The number of nitrogen functional groups attached to an aromatic ring is 1. The number of nitrogens with zero attached hydrogens (tertiary/aromatic N) is 1. The van der Waals surface area contributed by atoms with E-state index in [2.05, 4.69) is 15.0 Å². The van der Waals surface area contributed by atoms with Crippen molar-refractivity contribution in [1.29, 1.82) is 0 Å². The van der Waals surface area contributed by atoms with Crippen molar-refractivity contribution in [3.8, 4) is 0 Å². The number of hydrogen-bond donors (Lipinski definition) is 3. The van der Waals surface area contributed by atoms with E-state index in [4.69, 9.17) is 18.0 Å². The van der Waals surface area contributed by atoms with Gasteiger partial charge in [-0.3, -0.25) is 0 Å². The highest BCUT2D eigenvalue weighted by atomic mass is 32.1. The lowest BCUT2D eigenvalue weighted by Gasteiger charge is -1.90. The third kappa shape index (κ3) is 0.894. The molecule has 0 bridgehead atoms. The fourth-order valence-corrected chi connectivity index (χ4v) is 1.15. The minimum atomic E-state index is 0.547. The van der Waals surface area contributed by atoms with Gasteiger partial charge in [0.15, 0.2) is 10.4 Å². The largest absolute Gasteiger partial charge is 0.397 e. The highest BCUT2D eigenvalue weighted by Gasteiger charge is 1.98. The summed E-state index contributed by atoms with van der Waals surface area (Å²) in [5, 5.41) is 0. The molecule has 0 radical (unpaired) electrons. The smallest absolute Gasteiger partial charge is 0.176 e. The fraction of sp³-hybridized carbons (Fsp3) is 0.